The van der Waals surface area contributed by atoms with E-state index in [9.17, 15) is 19.5 Å². The second-order valence-corrected chi connectivity index (χ2v) is 10.2. The van der Waals surface area contributed by atoms with E-state index in [1.54, 1.807) is 10.1 Å². The number of rotatable bonds is 8. The summed E-state index contributed by atoms with van der Waals surface area (Å²) in [5, 5.41) is 26.4. The molecule has 0 radical (unpaired) electrons. The van der Waals surface area contributed by atoms with Crippen LogP contribution in [0.25, 0.3) is 0 Å². The van der Waals surface area contributed by atoms with Gasteiger partial charge in [-0.15, -0.1) is 28.2 Å². The first kappa shape index (κ1) is 21.8. The van der Waals surface area contributed by atoms with Crippen LogP contribution in [0.3, 0.4) is 0 Å². The molecule has 0 bridgehead atoms. The number of nitrogens with two attached hydrogens (primary N) is 1. The summed E-state index contributed by atoms with van der Waals surface area (Å²) in [7, 11) is 0. The second kappa shape index (κ2) is 8.63. The predicted molar refractivity (Wildman–Crippen MR) is 114 cm³/mol. The molecular formula is C16H20N8O4S3. The zero-order chi connectivity index (χ0) is 22.2. The number of aliphatic carboxylic acids is 1. The smallest absolute Gasteiger partial charge is 0.313 e. The maximum Gasteiger partial charge on any atom is 0.313 e. The molecule has 4 rings (SSSR count). The van der Waals surface area contributed by atoms with Crippen LogP contribution in [0.1, 0.15) is 12.6 Å². The van der Waals surface area contributed by atoms with Crippen LogP contribution in [0.4, 0.5) is 5.13 Å². The Hall–Kier alpha value is -2.39. The summed E-state index contributed by atoms with van der Waals surface area (Å²) in [5.41, 5.74) is 5.00. The number of tetrazole rings is 1. The van der Waals surface area contributed by atoms with E-state index in [0.717, 1.165) is 0 Å². The highest BCUT2D eigenvalue weighted by Gasteiger charge is 2.57. The number of aryl methyl sites for hydroxylation is 1. The summed E-state index contributed by atoms with van der Waals surface area (Å²) in [6.07, 6.45) is 0.0384. The largest absolute Gasteiger partial charge is 0.481 e. The SMILES string of the molecule is CCn1nnnc1SCC1(C(=O)O)CS[C@@H]2C(NC(=O)Cc3csc(N)n3)C(=O)N2C1. The Balaban J connectivity index is 1.37. The topological polar surface area (TPSA) is 169 Å². The number of fused-ring (bicyclic) bond motifs is 1. The summed E-state index contributed by atoms with van der Waals surface area (Å²) >= 11 is 3.88. The monoisotopic (exact) mass is 484 g/mol. The van der Waals surface area contributed by atoms with Crippen molar-refractivity contribution >= 4 is 57.8 Å². The zero-order valence-corrected chi connectivity index (χ0v) is 18.9. The number of nitrogens with zero attached hydrogens (tertiary/aromatic N) is 6. The lowest BCUT2D eigenvalue weighted by atomic mass is 9.89. The van der Waals surface area contributed by atoms with E-state index in [0.29, 0.717) is 28.3 Å². The highest BCUT2D eigenvalue weighted by molar-refractivity contribution is 8.00. The molecule has 2 aliphatic heterocycles. The van der Waals surface area contributed by atoms with E-state index in [-0.39, 0.29) is 35.9 Å². The van der Waals surface area contributed by atoms with Gasteiger partial charge in [0.25, 0.3) is 0 Å². The number of nitrogen functional groups attached to an aromatic ring is 1. The molecule has 3 atom stereocenters. The zero-order valence-electron chi connectivity index (χ0n) is 16.4. The Morgan fingerprint density at radius 2 is 2.29 bits per heavy atom. The van der Waals surface area contributed by atoms with Crippen LogP contribution in [-0.4, -0.2) is 82.4 Å². The molecule has 2 aliphatic rings. The number of nitrogens with one attached hydrogen (secondary N) is 1. The third-order valence-electron chi connectivity index (χ3n) is 5.10. The predicted octanol–water partition coefficient (Wildman–Crippen LogP) is -0.463. The Morgan fingerprint density at radius 1 is 1.48 bits per heavy atom. The Bertz CT molecular complexity index is 1010. The number of aromatic nitrogens is 5. The molecule has 2 aromatic heterocycles. The number of carbonyl (C=O) groups is 3. The number of carbonyl (C=O) groups excluding carboxylic acids is 2. The minimum Gasteiger partial charge on any atom is -0.481 e. The molecule has 2 amide bonds. The summed E-state index contributed by atoms with van der Waals surface area (Å²) in [6.45, 7) is 2.55. The number of thiazole rings is 1. The number of thioether (sulfide) groups is 2. The number of amides is 2. The average Bonchev–Trinajstić information content (AvgIpc) is 3.38. The number of carboxylic acid groups (broad SMARTS) is 1. The van der Waals surface area contributed by atoms with E-state index < -0.39 is 17.4 Å². The van der Waals surface area contributed by atoms with Gasteiger partial charge in [0.05, 0.1) is 12.1 Å². The lowest BCUT2D eigenvalue weighted by molar-refractivity contribution is -0.157. The average molecular weight is 485 g/mol. The molecule has 0 aliphatic carbocycles. The maximum absolute atomic E-state index is 12.7. The number of carboxylic acids is 1. The molecule has 31 heavy (non-hydrogen) atoms. The minimum absolute atomic E-state index is 0.0384. The van der Waals surface area contributed by atoms with Crippen molar-refractivity contribution in [2.45, 2.75) is 36.5 Å². The van der Waals surface area contributed by atoms with Crippen LogP contribution in [0.2, 0.25) is 0 Å². The van der Waals surface area contributed by atoms with Crippen molar-refractivity contribution in [3.8, 4) is 0 Å². The van der Waals surface area contributed by atoms with Crippen LogP contribution >= 0.6 is 34.9 Å². The first-order valence-electron chi connectivity index (χ1n) is 9.36. The molecular weight excluding hydrogens is 464 g/mol. The van der Waals surface area contributed by atoms with Gasteiger partial charge >= 0.3 is 5.97 Å². The Kier molecular flexibility index (Phi) is 6.07. The number of anilines is 1. The van der Waals surface area contributed by atoms with Gasteiger partial charge in [0.15, 0.2) is 5.13 Å². The molecule has 4 N–H and O–H groups in total. The van der Waals surface area contributed by atoms with Gasteiger partial charge < -0.3 is 21.1 Å². The van der Waals surface area contributed by atoms with Crippen molar-refractivity contribution in [2.75, 3.05) is 23.8 Å². The summed E-state index contributed by atoms with van der Waals surface area (Å²) in [5.74, 6) is -1.03. The lowest BCUT2D eigenvalue weighted by Crippen LogP contribution is -2.74. The van der Waals surface area contributed by atoms with Gasteiger partial charge in [-0.3, -0.25) is 14.4 Å². The molecule has 2 fully saturated rings. The first-order valence-corrected chi connectivity index (χ1v) is 12.3. The van der Waals surface area contributed by atoms with Gasteiger partial charge in [-0.05, 0) is 17.4 Å². The summed E-state index contributed by atoms with van der Waals surface area (Å²) in [4.78, 5) is 42.6. The van der Waals surface area contributed by atoms with Crippen molar-refractivity contribution in [1.82, 2.24) is 35.4 Å². The van der Waals surface area contributed by atoms with Gasteiger partial charge in [0, 0.05) is 30.0 Å². The molecule has 166 valence electrons. The van der Waals surface area contributed by atoms with Crippen LogP contribution in [0.15, 0.2) is 10.5 Å². The van der Waals surface area contributed by atoms with E-state index in [2.05, 4.69) is 25.8 Å². The highest BCUT2D eigenvalue weighted by atomic mass is 32.2. The van der Waals surface area contributed by atoms with Gasteiger partial charge in [-0.25, -0.2) is 9.67 Å². The third kappa shape index (κ3) is 4.21. The molecule has 0 saturated carbocycles. The highest BCUT2D eigenvalue weighted by Crippen LogP contribution is 2.44. The van der Waals surface area contributed by atoms with Gasteiger partial charge in [-0.1, -0.05) is 11.8 Å². The molecule has 0 aromatic carbocycles. The molecule has 2 unspecified atom stereocenters. The maximum atomic E-state index is 12.7. The standard InChI is InChI=1S/C16H20N8O4S3/c1-2-24-15(20-21-22-24)31-7-16(13(27)28)5-23-11(26)10(12(23)30-6-16)19-9(25)3-8-4-29-14(17)18-8/h4,10,12H,2-3,5-7H2,1H3,(H2,17,18)(H,19,25)(H,27,28)/t10?,12-,16?/m1/s1. The van der Waals surface area contributed by atoms with Crippen molar-refractivity contribution < 1.29 is 19.5 Å². The van der Waals surface area contributed by atoms with Crippen molar-refractivity contribution in [1.29, 1.82) is 0 Å². The number of hydrogen-bond acceptors (Lipinski definition) is 11. The Morgan fingerprint density at radius 3 is 2.97 bits per heavy atom. The van der Waals surface area contributed by atoms with Crippen LogP contribution in [-0.2, 0) is 27.3 Å². The normalized spacial score (nSPS) is 25.1. The first-order chi connectivity index (χ1) is 14.8. The molecule has 2 saturated heterocycles. The summed E-state index contributed by atoms with van der Waals surface area (Å²) < 4.78 is 1.59. The molecule has 4 heterocycles. The van der Waals surface area contributed by atoms with Crippen LogP contribution in [0, 0.1) is 5.41 Å². The van der Waals surface area contributed by atoms with Gasteiger partial charge in [0.1, 0.15) is 16.8 Å². The van der Waals surface area contributed by atoms with Crippen molar-refractivity contribution in [2.24, 2.45) is 5.41 Å². The summed E-state index contributed by atoms with van der Waals surface area (Å²) in [6, 6.07) is -0.666. The van der Waals surface area contributed by atoms with E-state index in [1.165, 1.54) is 39.8 Å². The molecule has 2 aromatic rings. The van der Waals surface area contributed by atoms with Crippen LogP contribution < -0.4 is 11.1 Å². The molecule has 15 heteroatoms. The van der Waals surface area contributed by atoms with Gasteiger partial charge in [-0.2, -0.15) is 0 Å². The van der Waals surface area contributed by atoms with Crippen molar-refractivity contribution in [3.63, 3.8) is 0 Å². The van der Waals surface area contributed by atoms with E-state index in [4.69, 9.17) is 5.73 Å². The lowest BCUT2D eigenvalue weighted by Gasteiger charge is -2.53. The fraction of sp³-hybridized carbons (Fsp3) is 0.562. The van der Waals surface area contributed by atoms with Crippen molar-refractivity contribution in [3.05, 3.63) is 11.1 Å². The van der Waals surface area contributed by atoms with Crippen LogP contribution in [0.5, 0.6) is 0 Å². The minimum atomic E-state index is -1.13. The third-order valence-corrected chi connectivity index (χ3v) is 8.66. The number of β-lactam (4-membered cyclic amide) rings is 1. The fourth-order valence-electron chi connectivity index (χ4n) is 3.40. The van der Waals surface area contributed by atoms with Gasteiger partial charge in [0.2, 0.25) is 17.0 Å². The second-order valence-electron chi connectivity index (χ2n) is 7.22. The molecule has 0 spiro atoms. The van der Waals surface area contributed by atoms with E-state index in [1.807, 2.05) is 6.92 Å². The van der Waals surface area contributed by atoms with E-state index >= 15 is 0 Å². The number of hydrogen-bond donors (Lipinski definition) is 3. The fourth-order valence-corrected chi connectivity index (χ4v) is 6.76. The Labute approximate surface area is 189 Å². The quantitative estimate of drug-likeness (QED) is 0.327. The molecule has 12 nitrogen and oxygen atoms in total.